The highest BCUT2D eigenvalue weighted by atomic mass is 35.5. The zero-order chi connectivity index (χ0) is 16.4. The van der Waals surface area contributed by atoms with Crippen molar-refractivity contribution in [3.05, 3.63) is 64.7 Å². The van der Waals surface area contributed by atoms with Crippen molar-refractivity contribution in [3.63, 3.8) is 0 Å². The number of carbonyl (C=O) groups excluding carboxylic acids is 1. The number of aryl methyl sites for hydroxylation is 1. The molecular formula is C19H21ClN2O. The number of rotatable bonds is 4. The molecule has 3 nitrogen and oxygen atoms in total. The van der Waals surface area contributed by atoms with Gasteiger partial charge in [-0.3, -0.25) is 9.69 Å². The zero-order valence-corrected chi connectivity index (χ0v) is 14.3. The fourth-order valence-corrected chi connectivity index (χ4v) is 3.31. The summed E-state index contributed by atoms with van der Waals surface area (Å²) in [4.78, 5) is 16.7. The predicted octanol–water partition coefficient (Wildman–Crippen LogP) is 3.89. The highest BCUT2D eigenvalue weighted by Crippen LogP contribution is 2.30. The maximum atomic E-state index is 12.8. The first-order chi connectivity index (χ1) is 11.1. The Balaban J connectivity index is 1.71. The molecule has 1 aliphatic heterocycles. The molecule has 3 rings (SSSR count). The number of nitrogens with zero attached hydrogens (tertiary/aromatic N) is 2. The molecule has 0 saturated carbocycles. The predicted molar refractivity (Wildman–Crippen MR) is 94.9 cm³/mol. The summed E-state index contributed by atoms with van der Waals surface area (Å²) in [5.74, 6) is 0.132. The standard InChI is InChI=1S/C19H21ClN2O/c1-14-7-9-15(10-8-14)13-21(2)18-11-12-22(19(18)23)17-6-4-3-5-16(17)20/h3-10,18H,11-13H2,1-2H3. The van der Waals surface area contributed by atoms with E-state index >= 15 is 0 Å². The molecule has 2 aromatic carbocycles. The lowest BCUT2D eigenvalue weighted by Crippen LogP contribution is -2.39. The fourth-order valence-electron chi connectivity index (χ4n) is 3.08. The number of anilines is 1. The molecule has 0 radical (unpaired) electrons. The molecule has 2 aromatic rings. The smallest absolute Gasteiger partial charge is 0.244 e. The van der Waals surface area contributed by atoms with Crippen molar-refractivity contribution >= 4 is 23.2 Å². The van der Waals surface area contributed by atoms with Gasteiger partial charge in [0.1, 0.15) is 0 Å². The van der Waals surface area contributed by atoms with E-state index in [0.717, 1.165) is 18.7 Å². The van der Waals surface area contributed by atoms with Crippen LogP contribution >= 0.6 is 11.6 Å². The first-order valence-electron chi connectivity index (χ1n) is 7.88. The van der Waals surface area contributed by atoms with Gasteiger partial charge in [-0.15, -0.1) is 0 Å². The number of halogens is 1. The van der Waals surface area contributed by atoms with Gasteiger partial charge in [0.05, 0.1) is 16.8 Å². The Morgan fingerprint density at radius 1 is 1.17 bits per heavy atom. The molecule has 0 aromatic heterocycles. The number of amides is 1. The van der Waals surface area contributed by atoms with E-state index in [1.54, 1.807) is 4.90 Å². The number of hydrogen-bond acceptors (Lipinski definition) is 2. The lowest BCUT2D eigenvalue weighted by Gasteiger charge is -2.24. The van der Waals surface area contributed by atoms with Gasteiger partial charge in [0.15, 0.2) is 0 Å². The Kier molecular flexibility index (Phi) is 4.69. The Bertz CT molecular complexity index is 699. The SMILES string of the molecule is Cc1ccc(CN(C)C2CCN(c3ccccc3Cl)C2=O)cc1. The number of likely N-dealkylation sites (N-methyl/N-ethyl adjacent to an activating group) is 1. The van der Waals surface area contributed by atoms with Gasteiger partial charge < -0.3 is 4.90 Å². The van der Waals surface area contributed by atoms with E-state index in [2.05, 4.69) is 36.1 Å². The van der Waals surface area contributed by atoms with E-state index in [1.807, 2.05) is 31.3 Å². The van der Waals surface area contributed by atoms with E-state index in [9.17, 15) is 4.79 Å². The van der Waals surface area contributed by atoms with Crippen LogP contribution in [0.4, 0.5) is 5.69 Å². The van der Waals surface area contributed by atoms with Crippen LogP contribution in [0.25, 0.3) is 0 Å². The summed E-state index contributed by atoms with van der Waals surface area (Å²) in [6, 6.07) is 15.9. The highest BCUT2D eigenvalue weighted by Gasteiger charge is 2.35. The Labute approximate surface area is 142 Å². The zero-order valence-electron chi connectivity index (χ0n) is 13.5. The molecule has 0 aliphatic carbocycles. The van der Waals surface area contributed by atoms with Crippen LogP contribution in [0.5, 0.6) is 0 Å². The van der Waals surface area contributed by atoms with Crippen LogP contribution in [0.2, 0.25) is 5.02 Å². The van der Waals surface area contributed by atoms with Crippen LogP contribution in [0.3, 0.4) is 0 Å². The van der Waals surface area contributed by atoms with Crippen LogP contribution in [0, 0.1) is 6.92 Å². The van der Waals surface area contributed by atoms with Gasteiger partial charge >= 0.3 is 0 Å². The second kappa shape index (κ2) is 6.73. The van der Waals surface area contributed by atoms with E-state index < -0.39 is 0 Å². The molecule has 0 bridgehead atoms. The summed E-state index contributed by atoms with van der Waals surface area (Å²) < 4.78 is 0. The fraction of sp³-hybridized carbons (Fsp3) is 0.316. The van der Waals surface area contributed by atoms with E-state index in [1.165, 1.54) is 11.1 Å². The van der Waals surface area contributed by atoms with Crippen molar-refractivity contribution in [2.24, 2.45) is 0 Å². The highest BCUT2D eigenvalue weighted by molar-refractivity contribution is 6.33. The van der Waals surface area contributed by atoms with Gasteiger partial charge in [-0.25, -0.2) is 0 Å². The van der Waals surface area contributed by atoms with Crippen molar-refractivity contribution in [1.82, 2.24) is 4.90 Å². The average molecular weight is 329 g/mol. The maximum Gasteiger partial charge on any atom is 0.244 e. The van der Waals surface area contributed by atoms with E-state index in [-0.39, 0.29) is 11.9 Å². The molecule has 23 heavy (non-hydrogen) atoms. The first-order valence-corrected chi connectivity index (χ1v) is 8.26. The summed E-state index contributed by atoms with van der Waals surface area (Å²) in [5.41, 5.74) is 3.28. The Morgan fingerprint density at radius 3 is 2.57 bits per heavy atom. The monoisotopic (exact) mass is 328 g/mol. The van der Waals surface area contributed by atoms with Gasteiger partial charge in [0, 0.05) is 13.1 Å². The van der Waals surface area contributed by atoms with Gasteiger partial charge in [-0.05, 0) is 38.1 Å². The molecule has 4 heteroatoms. The molecule has 0 spiro atoms. The molecule has 1 heterocycles. The minimum Gasteiger partial charge on any atom is -0.310 e. The minimum absolute atomic E-state index is 0.0902. The average Bonchev–Trinajstić information content (AvgIpc) is 2.92. The minimum atomic E-state index is -0.0902. The Morgan fingerprint density at radius 2 is 1.87 bits per heavy atom. The van der Waals surface area contributed by atoms with E-state index in [4.69, 9.17) is 11.6 Å². The quantitative estimate of drug-likeness (QED) is 0.850. The van der Waals surface area contributed by atoms with Crippen molar-refractivity contribution in [1.29, 1.82) is 0 Å². The van der Waals surface area contributed by atoms with Gasteiger partial charge in [-0.1, -0.05) is 53.6 Å². The number of para-hydroxylation sites is 1. The summed E-state index contributed by atoms with van der Waals surface area (Å²) in [5, 5.41) is 0.627. The maximum absolute atomic E-state index is 12.8. The number of hydrogen-bond donors (Lipinski definition) is 0. The molecule has 1 amide bonds. The third-order valence-corrected chi connectivity index (χ3v) is 4.72. The van der Waals surface area contributed by atoms with E-state index in [0.29, 0.717) is 11.6 Å². The summed E-state index contributed by atoms with van der Waals surface area (Å²) >= 11 is 6.23. The van der Waals surface area contributed by atoms with Crippen LogP contribution in [-0.4, -0.2) is 30.4 Å². The molecule has 0 N–H and O–H groups in total. The van der Waals surface area contributed by atoms with Crippen LogP contribution in [-0.2, 0) is 11.3 Å². The molecule has 1 saturated heterocycles. The third kappa shape index (κ3) is 3.41. The molecule has 120 valence electrons. The van der Waals surface area contributed by atoms with Crippen LogP contribution in [0.15, 0.2) is 48.5 Å². The number of carbonyl (C=O) groups is 1. The molecule has 1 atom stereocenters. The molecule has 1 aliphatic rings. The topological polar surface area (TPSA) is 23.6 Å². The third-order valence-electron chi connectivity index (χ3n) is 4.41. The van der Waals surface area contributed by atoms with Gasteiger partial charge in [0.25, 0.3) is 0 Å². The Hall–Kier alpha value is -1.84. The van der Waals surface area contributed by atoms with Crippen LogP contribution in [0.1, 0.15) is 17.5 Å². The van der Waals surface area contributed by atoms with Crippen molar-refractivity contribution in [2.75, 3.05) is 18.5 Å². The van der Waals surface area contributed by atoms with Crippen molar-refractivity contribution < 1.29 is 4.79 Å². The van der Waals surface area contributed by atoms with Gasteiger partial charge in [-0.2, -0.15) is 0 Å². The second-order valence-electron chi connectivity index (χ2n) is 6.15. The van der Waals surface area contributed by atoms with Crippen molar-refractivity contribution in [2.45, 2.75) is 25.9 Å². The van der Waals surface area contributed by atoms with Gasteiger partial charge in [0.2, 0.25) is 5.91 Å². The van der Waals surface area contributed by atoms with Crippen LogP contribution < -0.4 is 4.90 Å². The molecule has 1 fully saturated rings. The molecular weight excluding hydrogens is 308 g/mol. The van der Waals surface area contributed by atoms with Crippen molar-refractivity contribution in [3.8, 4) is 0 Å². The normalized spacial score (nSPS) is 18.0. The summed E-state index contributed by atoms with van der Waals surface area (Å²) in [6.07, 6.45) is 0.826. The second-order valence-corrected chi connectivity index (χ2v) is 6.55. The summed E-state index contributed by atoms with van der Waals surface area (Å²) in [6.45, 7) is 3.56. The lowest BCUT2D eigenvalue weighted by atomic mass is 10.1. The molecule has 1 unspecified atom stereocenters. The first kappa shape index (κ1) is 16.0. The lowest BCUT2D eigenvalue weighted by molar-refractivity contribution is -0.121. The number of benzene rings is 2. The summed E-state index contributed by atoms with van der Waals surface area (Å²) in [7, 11) is 2.01. The largest absolute Gasteiger partial charge is 0.310 e.